The van der Waals surface area contributed by atoms with E-state index in [2.05, 4.69) is 9.71 Å². The van der Waals surface area contributed by atoms with Crippen molar-refractivity contribution in [1.82, 2.24) is 9.71 Å². The molecule has 1 aromatic carbocycles. The molecule has 0 atom stereocenters. The van der Waals surface area contributed by atoms with Gasteiger partial charge in [-0.15, -0.1) is 11.3 Å². The normalized spacial score (nSPS) is 12.0. The van der Waals surface area contributed by atoms with Crippen LogP contribution in [0.3, 0.4) is 0 Å². The van der Waals surface area contributed by atoms with Crippen molar-refractivity contribution < 1.29 is 12.8 Å². The third-order valence-electron chi connectivity index (χ3n) is 2.88. The van der Waals surface area contributed by atoms with Crippen molar-refractivity contribution in [3.8, 4) is 10.6 Å². The molecule has 0 saturated heterocycles. The second kappa shape index (κ2) is 7.30. The van der Waals surface area contributed by atoms with Gasteiger partial charge in [0, 0.05) is 23.9 Å². The van der Waals surface area contributed by atoms with Crippen molar-refractivity contribution in [3.63, 3.8) is 0 Å². The molecular weight excluding hydrogens is 323 g/mol. The number of rotatable bonds is 7. The van der Waals surface area contributed by atoms with Crippen molar-refractivity contribution in [2.45, 2.75) is 20.3 Å². The van der Waals surface area contributed by atoms with E-state index in [0.717, 1.165) is 16.3 Å². The van der Waals surface area contributed by atoms with Crippen molar-refractivity contribution in [2.24, 2.45) is 5.92 Å². The quantitative estimate of drug-likeness (QED) is 0.841. The Bertz CT molecular complexity index is 727. The van der Waals surface area contributed by atoms with Gasteiger partial charge in [0.05, 0.1) is 11.4 Å². The molecule has 22 heavy (non-hydrogen) atoms. The van der Waals surface area contributed by atoms with Crippen molar-refractivity contribution in [3.05, 3.63) is 41.2 Å². The molecule has 2 rings (SSSR count). The van der Waals surface area contributed by atoms with Gasteiger partial charge in [-0.1, -0.05) is 26.0 Å². The minimum absolute atomic E-state index is 0.0938. The zero-order chi connectivity index (χ0) is 16.2. The summed E-state index contributed by atoms with van der Waals surface area (Å²) in [7, 11) is -3.23. The lowest BCUT2D eigenvalue weighted by Crippen LogP contribution is -2.30. The van der Waals surface area contributed by atoms with E-state index in [1.807, 2.05) is 19.2 Å². The molecule has 4 nitrogen and oxygen atoms in total. The molecule has 7 heteroatoms. The number of benzene rings is 1. The molecule has 0 spiro atoms. The summed E-state index contributed by atoms with van der Waals surface area (Å²) in [6, 6.07) is 6.28. The molecule has 1 N–H and O–H groups in total. The molecule has 0 amide bonds. The van der Waals surface area contributed by atoms with Gasteiger partial charge in [-0.2, -0.15) is 0 Å². The van der Waals surface area contributed by atoms with E-state index in [4.69, 9.17) is 0 Å². The van der Waals surface area contributed by atoms with Gasteiger partial charge < -0.3 is 0 Å². The van der Waals surface area contributed by atoms with Crippen LogP contribution in [0, 0.1) is 11.7 Å². The Hall–Kier alpha value is -1.31. The highest BCUT2D eigenvalue weighted by atomic mass is 32.2. The standard InChI is InChI=1S/C15H19FN2O2S2/c1-11(2)10-22(19,20)17-7-6-14-9-21-15(18-14)12-4-3-5-13(16)8-12/h3-5,8-9,11,17H,6-7,10H2,1-2H3. The Morgan fingerprint density at radius 3 is 2.82 bits per heavy atom. The van der Waals surface area contributed by atoms with Crippen LogP contribution in [-0.2, 0) is 16.4 Å². The number of nitrogens with zero attached hydrogens (tertiary/aromatic N) is 1. The molecule has 0 unspecified atom stereocenters. The average molecular weight is 342 g/mol. The fourth-order valence-electron chi connectivity index (χ4n) is 2.01. The fourth-order valence-corrected chi connectivity index (χ4v) is 4.27. The highest BCUT2D eigenvalue weighted by molar-refractivity contribution is 7.89. The van der Waals surface area contributed by atoms with Crippen LogP contribution in [0.25, 0.3) is 10.6 Å². The van der Waals surface area contributed by atoms with Crippen LogP contribution in [-0.4, -0.2) is 25.7 Å². The summed E-state index contributed by atoms with van der Waals surface area (Å²) in [5, 5.41) is 2.61. The van der Waals surface area contributed by atoms with Crippen molar-refractivity contribution in [1.29, 1.82) is 0 Å². The first-order valence-electron chi connectivity index (χ1n) is 7.03. The maximum atomic E-state index is 13.2. The van der Waals surface area contributed by atoms with Gasteiger partial charge in [0.25, 0.3) is 0 Å². The smallest absolute Gasteiger partial charge is 0.211 e. The van der Waals surface area contributed by atoms with E-state index in [1.54, 1.807) is 12.1 Å². The van der Waals surface area contributed by atoms with E-state index < -0.39 is 10.0 Å². The van der Waals surface area contributed by atoms with Gasteiger partial charge in [0.15, 0.2) is 0 Å². The second-order valence-corrected chi connectivity index (χ2v) is 8.18. The lowest BCUT2D eigenvalue weighted by molar-refractivity contribution is 0.568. The number of nitrogens with one attached hydrogen (secondary N) is 1. The Kier molecular flexibility index (Phi) is 5.66. The van der Waals surface area contributed by atoms with Crippen LogP contribution in [0.5, 0.6) is 0 Å². The first-order chi connectivity index (χ1) is 10.4. The maximum Gasteiger partial charge on any atom is 0.211 e. The second-order valence-electron chi connectivity index (χ2n) is 5.47. The van der Waals surface area contributed by atoms with Crippen LogP contribution in [0.2, 0.25) is 0 Å². The van der Waals surface area contributed by atoms with Gasteiger partial charge in [-0.25, -0.2) is 22.5 Å². The summed E-state index contributed by atoms with van der Waals surface area (Å²) in [5.74, 6) is -0.0782. The monoisotopic (exact) mass is 342 g/mol. The van der Waals surface area contributed by atoms with Gasteiger partial charge in [-0.05, 0) is 18.1 Å². The summed E-state index contributed by atoms with van der Waals surface area (Å²) >= 11 is 1.42. The van der Waals surface area contributed by atoms with E-state index in [0.29, 0.717) is 13.0 Å². The molecule has 120 valence electrons. The lowest BCUT2D eigenvalue weighted by Gasteiger charge is -2.07. The minimum atomic E-state index is -3.23. The molecule has 0 aliphatic rings. The molecule has 0 bridgehead atoms. The number of sulfonamides is 1. The predicted octanol–water partition coefficient (Wildman–Crippen LogP) is 3.07. The third-order valence-corrected chi connectivity index (χ3v) is 5.57. The predicted molar refractivity (Wildman–Crippen MR) is 87.8 cm³/mol. The largest absolute Gasteiger partial charge is 0.241 e. The summed E-state index contributed by atoms with van der Waals surface area (Å²) in [5.41, 5.74) is 1.54. The van der Waals surface area contributed by atoms with E-state index in [1.165, 1.54) is 23.5 Å². The number of hydrogen-bond donors (Lipinski definition) is 1. The molecule has 0 saturated carbocycles. The number of aromatic nitrogens is 1. The molecule has 1 heterocycles. The first-order valence-corrected chi connectivity index (χ1v) is 9.56. The molecule has 1 aromatic heterocycles. The van der Waals surface area contributed by atoms with E-state index >= 15 is 0 Å². The van der Waals surface area contributed by atoms with Gasteiger partial charge in [-0.3, -0.25) is 0 Å². The van der Waals surface area contributed by atoms with E-state index in [9.17, 15) is 12.8 Å². The van der Waals surface area contributed by atoms with Crippen LogP contribution >= 0.6 is 11.3 Å². The summed E-state index contributed by atoms with van der Waals surface area (Å²) in [4.78, 5) is 4.42. The maximum absolute atomic E-state index is 13.2. The van der Waals surface area contributed by atoms with Gasteiger partial charge in [0.1, 0.15) is 10.8 Å². The number of thiazole rings is 1. The molecule has 0 fully saturated rings. The summed E-state index contributed by atoms with van der Waals surface area (Å²) < 4.78 is 39.2. The number of hydrogen-bond acceptors (Lipinski definition) is 4. The van der Waals surface area contributed by atoms with Gasteiger partial charge >= 0.3 is 0 Å². The third kappa shape index (κ3) is 5.15. The fraction of sp³-hybridized carbons (Fsp3) is 0.400. The Morgan fingerprint density at radius 2 is 2.14 bits per heavy atom. The Balaban J connectivity index is 1.93. The highest BCUT2D eigenvalue weighted by Crippen LogP contribution is 2.24. The topological polar surface area (TPSA) is 59.1 Å². The lowest BCUT2D eigenvalue weighted by atomic mass is 10.2. The van der Waals surface area contributed by atoms with Crippen molar-refractivity contribution >= 4 is 21.4 Å². The molecule has 0 aliphatic heterocycles. The molecule has 0 aliphatic carbocycles. The van der Waals surface area contributed by atoms with Crippen LogP contribution in [0.4, 0.5) is 4.39 Å². The molecule has 2 aromatic rings. The minimum Gasteiger partial charge on any atom is -0.241 e. The highest BCUT2D eigenvalue weighted by Gasteiger charge is 2.12. The van der Waals surface area contributed by atoms with Crippen LogP contribution < -0.4 is 4.72 Å². The van der Waals surface area contributed by atoms with Crippen LogP contribution in [0.15, 0.2) is 29.6 Å². The average Bonchev–Trinajstić information content (AvgIpc) is 2.85. The first kappa shape index (κ1) is 17.1. The molecular formula is C15H19FN2O2S2. The van der Waals surface area contributed by atoms with E-state index in [-0.39, 0.29) is 17.5 Å². The SMILES string of the molecule is CC(C)CS(=O)(=O)NCCc1csc(-c2cccc(F)c2)n1. The Labute approximate surface area is 134 Å². The summed E-state index contributed by atoms with van der Waals surface area (Å²) in [6.07, 6.45) is 0.517. The molecule has 0 radical (unpaired) electrons. The van der Waals surface area contributed by atoms with Crippen molar-refractivity contribution in [2.75, 3.05) is 12.3 Å². The zero-order valence-corrected chi connectivity index (χ0v) is 14.2. The zero-order valence-electron chi connectivity index (χ0n) is 12.5. The van der Waals surface area contributed by atoms with Crippen LogP contribution in [0.1, 0.15) is 19.5 Å². The Morgan fingerprint density at radius 1 is 1.36 bits per heavy atom. The van der Waals surface area contributed by atoms with Gasteiger partial charge in [0.2, 0.25) is 10.0 Å². The summed E-state index contributed by atoms with van der Waals surface area (Å²) in [6.45, 7) is 4.05. The number of halogens is 1.